The molecule has 0 fully saturated rings. The third-order valence-electron chi connectivity index (χ3n) is 5.99. The van der Waals surface area contributed by atoms with Gasteiger partial charge in [-0.25, -0.2) is 4.39 Å². The Hall–Kier alpha value is -3.48. The zero-order valence-corrected chi connectivity index (χ0v) is 19.1. The van der Waals surface area contributed by atoms with Crippen molar-refractivity contribution in [1.82, 2.24) is 4.40 Å². The summed E-state index contributed by atoms with van der Waals surface area (Å²) < 4.78 is 15.9. The molecule has 2 atom stereocenters. The normalized spacial score (nSPS) is 13.8. The molecule has 2 aromatic carbocycles. The third-order valence-corrected chi connectivity index (χ3v) is 5.99. The van der Waals surface area contributed by atoms with Crippen molar-refractivity contribution in [2.45, 2.75) is 44.8 Å². The smallest absolute Gasteiger partial charge is 0.305 e. The number of hydrogen-bond acceptors (Lipinski definition) is 3. The number of aliphatic hydroxyl groups is 2. The molecule has 4 rings (SSSR count). The van der Waals surface area contributed by atoms with Crippen molar-refractivity contribution in [3.63, 3.8) is 0 Å². The van der Waals surface area contributed by atoms with Crippen molar-refractivity contribution in [3.8, 4) is 11.1 Å². The lowest BCUT2D eigenvalue weighted by atomic mass is 9.95. The van der Waals surface area contributed by atoms with Gasteiger partial charge in [0.2, 0.25) is 0 Å². The number of nitrogens with zero attached hydrogens (tertiary/aromatic N) is 1. The quantitative estimate of drug-likeness (QED) is 0.318. The topological polar surface area (TPSA) is 82.2 Å². The Labute approximate surface area is 197 Å². The molecule has 34 heavy (non-hydrogen) atoms. The van der Waals surface area contributed by atoms with Gasteiger partial charge in [0.1, 0.15) is 5.82 Å². The molecule has 0 bridgehead atoms. The first-order valence-corrected chi connectivity index (χ1v) is 11.3. The van der Waals surface area contributed by atoms with Crippen LogP contribution in [0.15, 0.2) is 66.9 Å². The Morgan fingerprint density at radius 2 is 1.76 bits per heavy atom. The molecule has 5 nitrogen and oxygen atoms in total. The molecule has 2 unspecified atom stereocenters. The van der Waals surface area contributed by atoms with Crippen LogP contribution in [0.1, 0.15) is 43.9 Å². The molecule has 0 spiro atoms. The van der Waals surface area contributed by atoms with Gasteiger partial charge in [-0.3, -0.25) is 4.79 Å². The Morgan fingerprint density at radius 1 is 1.06 bits per heavy atom. The van der Waals surface area contributed by atoms with Crippen LogP contribution in [-0.4, -0.2) is 37.9 Å². The van der Waals surface area contributed by atoms with Crippen molar-refractivity contribution in [2.75, 3.05) is 0 Å². The number of aromatic nitrogens is 1. The molecule has 4 aromatic rings. The zero-order chi connectivity index (χ0) is 24.4. The van der Waals surface area contributed by atoms with E-state index in [-0.39, 0.29) is 18.2 Å². The van der Waals surface area contributed by atoms with Crippen molar-refractivity contribution < 1.29 is 24.5 Å². The van der Waals surface area contributed by atoms with Crippen LogP contribution in [-0.2, 0) is 4.79 Å². The van der Waals surface area contributed by atoms with E-state index >= 15 is 0 Å². The summed E-state index contributed by atoms with van der Waals surface area (Å²) in [7, 11) is 0. The number of carboxylic acid groups (broad SMARTS) is 1. The van der Waals surface area contributed by atoms with Gasteiger partial charge >= 0.3 is 5.97 Å². The molecule has 0 saturated carbocycles. The largest absolute Gasteiger partial charge is 0.481 e. The molecular formula is C28H28FNO4. The van der Waals surface area contributed by atoms with Crippen molar-refractivity contribution in [2.24, 2.45) is 0 Å². The molecular weight excluding hydrogens is 433 g/mol. The predicted molar refractivity (Wildman–Crippen MR) is 132 cm³/mol. The number of halogens is 1. The summed E-state index contributed by atoms with van der Waals surface area (Å²) in [6.07, 6.45) is 2.78. The maximum atomic E-state index is 13.8. The van der Waals surface area contributed by atoms with Crippen LogP contribution >= 0.6 is 0 Å². The second kappa shape index (κ2) is 9.79. The number of pyridine rings is 1. The predicted octanol–water partition coefficient (Wildman–Crippen LogP) is 5.62. The number of carboxylic acids is 1. The van der Waals surface area contributed by atoms with Crippen LogP contribution in [0.25, 0.3) is 33.5 Å². The third kappa shape index (κ3) is 4.74. The number of aliphatic carboxylic acids is 1. The Kier molecular flexibility index (Phi) is 6.82. The molecule has 3 N–H and O–H groups in total. The Balaban J connectivity index is 1.93. The average Bonchev–Trinajstić information content (AvgIpc) is 3.12. The van der Waals surface area contributed by atoms with Gasteiger partial charge in [-0.15, -0.1) is 0 Å². The minimum atomic E-state index is -1.14. The molecule has 176 valence electrons. The number of benzene rings is 2. The Morgan fingerprint density at radius 3 is 2.44 bits per heavy atom. The van der Waals surface area contributed by atoms with Crippen LogP contribution in [0, 0.1) is 5.82 Å². The van der Waals surface area contributed by atoms with E-state index in [0.29, 0.717) is 0 Å². The zero-order valence-electron chi connectivity index (χ0n) is 19.1. The van der Waals surface area contributed by atoms with E-state index in [2.05, 4.69) is 36.4 Å². The SMILES string of the molecule is CC(C)c1c(/C=C/C(O)CC(O)CC(=O)O)c(-c2ccc(F)cc2)c2c3ccccc3ccn12. The first-order valence-electron chi connectivity index (χ1n) is 11.3. The monoisotopic (exact) mass is 461 g/mol. The van der Waals surface area contributed by atoms with Crippen LogP contribution in [0.5, 0.6) is 0 Å². The number of fused-ring (bicyclic) bond motifs is 3. The summed E-state index contributed by atoms with van der Waals surface area (Å²) in [5.74, 6) is -1.30. The maximum Gasteiger partial charge on any atom is 0.305 e. The van der Waals surface area contributed by atoms with Crippen LogP contribution in [0.2, 0.25) is 0 Å². The van der Waals surface area contributed by atoms with E-state index in [0.717, 1.165) is 38.7 Å². The highest BCUT2D eigenvalue weighted by atomic mass is 19.1. The maximum absolute atomic E-state index is 13.8. The van der Waals surface area contributed by atoms with Crippen LogP contribution in [0.4, 0.5) is 4.39 Å². The van der Waals surface area contributed by atoms with Gasteiger partial charge in [0.05, 0.1) is 24.1 Å². The second-order valence-corrected chi connectivity index (χ2v) is 8.87. The number of aliphatic hydroxyl groups excluding tert-OH is 2. The highest BCUT2D eigenvalue weighted by molar-refractivity contribution is 6.06. The summed E-state index contributed by atoms with van der Waals surface area (Å²) >= 11 is 0. The van der Waals surface area contributed by atoms with Gasteiger partial charge < -0.3 is 19.7 Å². The lowest BCUT2D eigenvalue weighted by Crippen LogP contribution is -2.19. The molecule has 2 aromatic heterocycles. The lowest BCUT2D eigenvalue weighted by molar-refractivity contribution is -0.139. The highest BCUT2D eigenvalue weighted by Gasteiger charge is 2.22. The van der Waals surface area contributed by atoms with E-state index in [4.69, 9.17) is 5.11 Å². The standard InChI is InChI=1S/C28H28FNO4/c1-17(2)27-24(12-11-21(31)15-22(32)16-25(33)34)26(19-7-9-20(29)10-8-19)28-23-6-4-3-5-18(23)13-14-30(27)28/h3-14,17,21-22,31-32H,15-16H2,1-2H3,(H,33,34)/b12-11+. The van der Waals surface area contributed by atoms with Gasteiger partial charge in [0.15, 0.2) is 0 Å². The summed E-state index contributed by atoms with van der Waals surface area (Å²) in [6.45, 7) is 4.19. The minimum Gasteiger partial charge on any atom is -0.481 e. The van der Waals surface area contributed by atoms with E-state index in [1.54, 1.807) is 18.2 Å². The fraction of sp³-hybridized carbons (Fsp3) is 0.250. The molecule has 0 amide bonds. The van der Waals surface area contributed by atoms with E-state index in [1.165, 1.54) is 12.1 Å². The molecule has 2 heterocycles. The average molecular weight is 462 g/mol. The van der Waals surface area contributed by atoms with Gasteiger partial charge in [-0.05, 0) is 35.1 Å². The van der Waals surface area contributed by atoms with E-state index in [1.807, 2.05) is 24.4 Å². The van der Waals surface area contributed by atoms with Crippen molar-refractivity contribution in [3.05, 3.63) is 83.9 Å². The van der Waals surface area contributed by atoms with Gasteiger partial charge in [0, 0.05) is 34.8 Å². The summed E-state index contributed by atoms with van der Waals surface area (Å²) in [5, 5.41) is 31.4. The van der Waals surface area contributed by atoms with Gasteiger partial charge in [0.25, 0.3) is 0 Å². The van der Waals surface area contributed by atoms with Crippen LogP contribution < -0.4 is 0 Å². The molecule has 0 radical (unpaired) electrons. The van der Waals surface area contributed by atoms with Crippen molar-refractivity contribution >= 4 is 28.3 Å². The summed E-state index contributed by atoms with van der Waals surface area (Å²) in [6, 6.07) is 16.5. The highest BCUT2D eigenvalue weighted by Crippen LogP contribution is 2.40. The van der Waals surface area contributed by atoms with Crippen LogP contribution in [0.3, 0.4) is 0 Å². The number of carbonyl (C=O) groups is 1. The van der Waals surface area contributed by atoms with Gasteiger partial charge in [-0.1, -0.05) is 62.4 Å². The number of rotatable bonds is 8. The molecule has 0 aliphatic rings. The minimum absolute atomic E-state index is 0.0814. The summed E-state index contributed by atoms with van der Waals surface area (Å²) in [4.78, 5) is 10.8. The lowest BCUT2D eigenvalue weighted by Gasteiger charge is -2.12. The molecule has 0 aliphatic heterocycles. The Bertz CT molecular complexity index is 1350. The number of hydrogen-bond donors (Lipinski definition) is 3. The first-order chi connectivity index (χ1) is 16.3. The van der Waals surface area contributed by atoms with Crippen molar-refractivity contribution in [1.29, 1.82) is 0 Å². The fourth-order valence-electron chi connectivity index (χ4n) is 4.57. The first kappa shape index (κ1) is 23.7. The second-order valence-electron chi connectivity index (χ2n) is 8.87. The fourth-order valence-corrected chi connectivity index (χ4v) is 4.57. The summed E-state index contributed by atoms with van der Waals surface area (Å²) in [5.41, 5.74) is 4.70. The van der Waals surface area contributed by atoms with Gasteiger partial charge in [-0.2, -0.15) is 0 Å². The molecule has 0 aliphatic carbocycles. The van der Waals surface area contributed by atoms with E-state index < -0.39 is 24.6 Å². The van der Waals surface area contributed by atoms with E-state index in [9.17, 15) is 19.4 Å². The molecule has 0 saturated heterocycles. The molecule has 6 heteroatoms.